The van der Waals surface area contributed by atoms with Crippen molar-refractivity contribution in [2.45, 2.75) is 24.5 Å². The minimum atomic E-state index is -1.72. The molecule has 1 aliphatic rings. The van der Waals surface area contributed by atoms with E-state index < -0.39 is 36.7 Å². The Morgan fingerprint density at radius 3 is 3.14 bits per heavy atom. The van der Waals surface area contributed by atoms with E-state index >= 15 is 0 Å². The van der Waals surface area contributed by atoms with E-state index in [1.807, 2.05) is 0 Å². The smallest absolute Gasteiger partial charge is 0.278 e. The summed E-state index contributed by atoms with van der Waals surface area (Å²) in [6, 6.07) is -1.25. The summed E-state index contributed by atoms with van der Waals surface area (Å²) >= 11 is 0. The summed E-state index contributed by atoms with van der Waals surface area (Å²) in [5.74, 6) is -0.113. The fraction of sp³-hybridized carbons (Fsp3) is 0.500. The van der Waals surface area contributed by atoms with Gasteiger partial charge in [0.1, 0.15) is 24.5 Å². The summed E-state index contributed by atoms with van der Waals surface area (Å²) in [6.07, 6.45) is -2.80. The number of fused-ring (bicyclic) bond motifs is 1. The van der Waals surface area contributed by atoms with Gasteiger partial charge in [0.15, 0.2) is 11.2 Å². The molecule has 116 valence electrons. The van der Waals surface area contributed by atoms with Crippen LogP contribution in [-0.4, -0.2) is 49.5 Å². The molecule has 3 heterocycles. The number of aliphatic hydroxyl groups is 1. The zero-order valence-electron chi connectivity index (χ0n) is 11.0. The molecule has 1 fully saturated rings. The highest BCUT2D eigenvalue weighted by Crippen LogP contribution is 2.34. The number of nitrogens with zero attached hydrogens (tertiary/aromatic N) is 6. The lowest BCUT2D eigenvalue weighted by atomic mass is 10.1. The quantitative estimate of drug-likeness (QED) is 0.396. The Balaban J connectivity index is 2.14. The van der Waals surface area contributed by atoms with Gasteiger partial charge in [-0.2, -0.15) is 4.98 Å². The Morgan fingerprint density at radius 2 is 2.45 bits per heavy atom. The molecule has 0 unspecified atom stereocenters. The van der Waals surface area contributed by atoms with Gasteiger partial charge in [0.05, 0.1) is 12.9 Å². The average molecular weight is 310 g/mol. The van der Waals surface area contributed by atoms with E-state index in [0.29, 0.717) is 0 Å². The molecule has 0 aromatic carbocycles. The third kappa shape index (κ3) is 2.06. The molecule has 4 N–H and O–H groups in total. The molecule has 0 amide bonds. The molecule has 0 saturated carbocycles. The van der Waals surface area contributed by atoms with Gasteiger partial charge in [-0.25, -0.2) is 9.37 Å². The highest BCUT2D eigenvalue weighted by atomic mass is 19.1. The van der Waals surface area contributed by atoms with Gasteiger partial charge in [-0.05, 0) is 5.53 Å². The number of aromatic amines is 1. The molecule has 2 aromatic rings. The van der Waals surface area contributed by atoms with E-state index in [1.165, 1.54) is 10.9 Å². The number of nitrogens with two attached hydrogens (primary N) is 1. The number of imidazole rings is 1. The first-order valence-corrected chi connectivity index (χ1v) is 6.23. The molecular weight excluding hydrogens is 299 g/mol. The normalized spacial score (nSPS) is 27.9. The van der Waals surface area contributed by atoms with Crippen LogP contribution in [0.5, 0.6) is 0 Å². The van der Waals surface area contributed by atoms with Crippen LogP contribution in [0.1, 0.15) is 6.23 Å². The molecule has 12 heteroatoms. The monoisotopic (exact) mass is 310 g/mol. The lowest BCUT2D eigenvalue weighted by Gasteiger charge is -2.16. The van der Waals surface area contributed by atoms with Gasteiger partial charge in [0, 0.05) is 4.91 Å². The van der Waals surface area contributed by atoms with Crippen molar-refractivity contribution < 1.29 is 14.2 Å². The summed E-state index contributed by atoms with van der Waals surface area (Å²) in [5, 5.41) is 12.5. The maximum absolute atomic E-state index is 14.1. The first-order valence-electron chi connectivity index (χ1n) is 6.23. The van der Waals surface area contributed by atoms with Crippen LogP contribution < -0.4 is 11.3 Å². The molecular formula is C10H11FN8O3. The summed E-state index contributed by atoms with van der Waals surface area (Å²) in [7, 11) is 0. The number of ether oxygens (including phenoxy) is 1. The SMILES string of the molecule is [N-]=[N+]=N[C@@H]1[C@H](F)[C@@H](CO)O[C@H]1n1cnc2nc(N)[nH]c(=O)c21. The van der Waals surface area contributed by atoms with E-state index in [1.54, 1.807) is 0 Å². The van der Waals surface area contributed by atoms with E-state index in [0.717, 1.165) is 0 Å². The second-order valence-corrected chi connectivity index (χ2v) is 4.66. The lowest BCUT2D eigenvalue weighted by Crippen LogP contribution is -2.28. The van der Waals surface area contributed by atoms with Gasteiger partial charge in [-0.3, -0.25) is 14.3 Å². The van der Waals surface area contributed by atoms with Crippen molar-refractivity contribution in [1.82, 2.24) is 19.5 Å². The van der Waals surface area contributed by atoms with Crippen LogP contribution in [0.15, 0.2) is 16.2 Å². The lowest BCUT2D eigenvalue weighted by molar-refractivity contribution is -0.0336. The van der Waals surface area contributed by atoms with E-state index in [-0.39, 0.29) is 17.1 Å². The van der Waals surface area contributed by atoms with Crippen molar-refractivity contribution in [3.63, 3.8) is 0 Å². The van der Waals surface area contributed by atoms with Gasteiger partial charge in [-0.1, -0.05) is 5.11 Å². The van der Waals surface area contributed by atoms with Crippen LogP contribution in [0, 0.1) is 0 Å². The Bertz CT molecular complexity index is 812. The molecule has 0 radical (unpaired) electrons. The summed E-state index contributed by atoms with van der Waals surface area (Å²) in [6.45, 7) is -0.594. The van der Waals surface area contributed by atoms with Crippen LogP contribution in [0.4, 0.5) is 10.3 Å². The fourth-order valence-corrected chi connectivity index (χ4v) is 2.43. The zero-order valence-corrected chi connectivity index (χ0v) is 11.0. The number of anilines is 1. The largest absolute Gasteiger partial charge is 0.394 e. The van der Waals surface area contributed by atoms with E-state index in [4.69, 9.17) is 21.1 Å². The molecule has 2 aromatic heterocycles. The molecule has 11 nitrogen and oxygen atoms in total. The Labute approximate surface area is 121 Å². The predicted molar refractivity (Wildman–Crippen MR) is 71.4 cm³/mol. The molecule has 0 aliphatic carbocycles. The van der Waals surface area contributed by atoms with Crippen LogP contribution in [0.3, 0.4) is 0 Å². The number of halogens is 1. The molecule has 3 rings (SSSR count). The van der Waals surface area contributed by atoms with Crippen LogP contribution in [0.25, 0.3) is 21.6 Å². The number of hydrogen-bond donors (Lipinski definition) is 3. The van der Waals surface area contributed by atoms with Crippen molar-refractivity contribution in [3.8, 4) is 0 Å². The van der Waals surface area contributed by atoms with Crippen LogP contribution in [-0.2, 0) is 4.74 Å². The van der Waals surface area contributed by atoms with Crippen molar-refractivity contribution in [3.05, 3.63) is 27.1 Å². The first-order chi connectivity index (χ1) is 10.6. The van der Waals surface area contributed by atoms with Gasteiger partial charge in [-0.15, -0.1) is 0 Å². The van der Waals surface area contributed by atoms with Gasteiger partial charge < -0.3 is 15.6 Å². The molecule has 1 saturated heterocycles. The third-order valence-electron chi connectivity index (χ3n) is 3.38. The molecule has 4 atom stereocenters. The first kappa shape index (κ1) is 14.3. The molecule has 0 bridgehead atoms. The number of nitrogens with one attached hydrogen (secondary N) is 1. The van der Waals surface area contributed by atoms with Crippen molar-refractivity contribution >= 4 is 17.1 Å². The number of aliphatic hydroxyl groups excluding tert-OH is 1. The van der Waals surface area contributed by atoms with Crippen molar-refractivity contribution in [2.75, 3.05) is 12.3 Å². The highest BCUT2D eigenvalue weighted by Gasteiger charge is 2.46. The Kier molecular flexibility index (Phi) is 3.41. The molecule has 1 aliphatic heterocycles. The maximum atomic E-state index is 14.1. The van der Waals surface area contributed by atoms with E-state index in [9.17, 15) is 9.18 Å². The number of aromatic nitrogens is 4. The zero-order chi connectivity index (χ0) is 15.9. The van der Waals surface area contributed by atoms with Crippen LogP contribution in [0.2, 0.25) is 0 Å². The number of alkyl halides is 1. The number of azide groups is 1. The van der Waals surface area contributed by atoms with Crippen LogP contribution >= 0.6 is 0 Å². The maximum Gasteiger partial charge on any atom is 0.278 e. The number of hydrogen-bond acceptors (Lipinski definition) is 7. The van der Waals surface area contributed by atoms with Crippen molar-refractivity contribution in [1.29, 1.82) is 0 Å². The molecule has 22 heavy (non-hydrogen) atoms. The Morgan fingerprint density at radius 1 is 1.68 bits per heavy atom. The third-order valence-corrected chi connectivity index (χ3v) is 3.38. The number of H-pyrrole nitrogens is 1. The minimum absolute atomic E-state index is 0.00290. The minimum Gasteiger partial charge on any atom is -0.394 e. The second-order valence-electron chi connectivity index (χ2n) is 4.66. The van der Waals surface area contributed by atoms with Crippen molar-refractivity contribution in [2.24, 2.45) is 5.11 Å². The van der Waals surface area contributed by atoms with Gasteiger partial charge in [0.25, 0.3) is 5.56 Å². The topological polar surface area (TPSA) is 168 Å². The highest BCUT2D eigenvalue weighted by molar-refractivity contribution is 5.70. The standard InChI is InChI=1S/C10H11FN8O3/c11-4-3(1-20)22-9(5(4)17-18-13)19-2-14-7-6(19)8(21)16-10(12)15-7/h2-5,9,20H,1H2,(H3,12,15,16,21)/t3-,4-,5-,9-/m1/s1. The molecule has 0 spiro atoms. The summed E-state index contributed by atoms with van der Waals surface area (Å²) in [4.78, 5) is 24.6. The second kappa shape index (κ2) is 5.26. The predicted octanol–water partition coefficient (Wildman–Crippen LogP) is -0.392. The van der Waals surface area contributed by atoms with Gasteiger partial charge >= 0.3 is 0 Å². The Hall–Kier alpha value is -2.69. The number of rotatable bonds is 3. The fourth-order valence-electron chi connectivity index (χ4n) is 2.43. The van der Waals surface area contributed by atoms with E-state index in [2.05, 4.69) is 25.0 Å². The summed E-state index contributed by atoms with van der Waals surface area (Å²) < 4.78 is 20.7. The number of nitrogen functional groups attached to an aromatic ring is 1. The summed E-state index contributed by atoms with van der Waals surface area (Å²) in [5.41, 5.74) is 13.5. The average Bonchev–Trinajstić information content (AvgIpc) is 3.02. The van der Waals surface area contributed by atoms with Gasteiger partial charge in [0.2, 0.25) is 5.95 Å².